The number of aldehydes is 1. The van der Waals surface area contributed by atoms with Gasteiger partial charge < -0.3 is 35.3 Å². The van der Waals surface area contributed by atoms with Crippen LogP contribution in [0.4, 0.5) is 17.5 Å². The number of nitrogens with zero attached hydrogens (tertiary/aromatic N) is 3. The van der Waals surface area contributed by atoms with Gasteiger partial charge in [0.15, 0.2) is 12.6 Å². The molecule has 1 aliphatic carbocycles. The summed E-state index contributed by atoms with van der Waals surface area (Å²) < 4.78 is 34.0. The number of hydrogen-bond donors (Lipinski definition) is 3. The Balaban J connectivity index is 0.000000673. The summed E-state index contributed by atoms with van der Waals surface area (Å²) in [6.45, 7) is 13.3. The van der Waals surface area contributed by atoms with Gasteiger partial charge in [0.05, 0.1) is 22.4 Å². The lowest BCUT2D eigenvalue weighted by Crippen LogP contribution is -2.42. The molecular weight excluding hydrogens is 529 g/mol. The van der Waals surface area contributed by atoms with Gasteiger partial charge >= 0.3 is 13.6 Å². The normalized spacial score (nSPS) is 17.6. The average molecular weight is 574 g/mol. The first-order chi connectivity index (χ1) is 18.1. The van der Waals surface area contributed by atoms with E-state index in [-0.39, 0.29) is 17.7 Å². The molecule has 2 heterocycles. The van der Waals surface area contributed by atoms with Crippen molar-refractivity contribution in [2.75, 3.05) is 55.5 Å². The van der Waals surface area contributed by atoms with Crippen LogP contribution in [0.1, 0.15) is 66.5 Å². The van der Waals surface area contributed by atoms with Crippen molar-refractivity contribution in [3.05, 3.63) is 5.69 Å². The fourth-order valence-electron chi connectivity index (χ4n) is 3.30. The van der Waals surface area contributed by atoms with Crippen molar-refractivity contribution in [3.63, 3.8) is 0 Å². The van der Waals surface area contributed by atoms with E-state index in [1.54, 1.807) is 20.8 Å². The molecule has 1 fully saturated rings. The van der Waals surface area contributed by atoms with Gasteiger partial charge in [0.1, 0.15) is 12.6 Å². The minimum Gasteiger partial charge on any atom is -0.438 e. The number of fused-ring (bicyclic) bond motifs is 1. The van der Waals surface area contributed by atoms with E-state index in [9.17, 15) is 14.2 Å². The second-order valence-electron chi connectivity index (χ2n) is 11.4. The molecule has 0 amide bonds. The van der Waals surface area contributed by atoms with Crippen LogP contribution in [-0.2, 0) is 32.7 Å². The molecule has 1 atom stereocenters. The third kappa shape index (κ3) is 9.99. The molecule has 3 rings (SSSR count). The van der Waals surface area contributed by atoms with E-state index < -0.39 is 38.2 Å². The highest BCUT2D eigenvalue weighted by Crippen LogP contribution is 2.52. The maximum absolute atomic E-state index is 12.9. The highest BCUT2D eigenvalue weighted by atomic mass is 31.2. The van der Waals surface area contributed by atoms with Gasteiger partial charge in [-0.25, -0.2) is 4.98 Å². The number of aliphatic hydroxyl groups is 1. The van der Waals surface area contributed by atoms with E-state index in [0.717, 1.165) is 36.9 Å². The van der Waals surface area contributed by atoms with Crippen LogP contribution < -0.4 is 16.0 Å². The lowest BCUT2D eigenvalue weighted by Gasteiger charge is -2.34. The summed E-state index contributed by atoms with van der Waals surface area (Å²) in [6, 6.07) is 0. The van der Waals surface area contributed by atoms with Crippen molar-refractivity contribution in [1.82, 2.24) is 9.97 Å². The molecule has 0 bridgehead atoms. The predicted octanol–water partition coefficient (Wildman–Crippen LogP) is 3.45. The molecule has 222 valence electrons. The summed E-state index contributed by atoms with van der Waals surface area (Å²) in [5.74, 6) is 0.387. The van der Waals surface area contributed by atoms with Crippen molar-refractivity contribution in [2.45, 2.75) is 73.3 Å². The number of nitrogen functional groups attached to an aromatic ring is 1. The molecule has 1 saturated carbocycles. The Morgan fingerprint density at radius 3 is 2.41 bits per heavy atom. The Bertz CT molecular complexity index is 1040. The number of nitrogens with one attached hydrogen (secondary N) is 1. The largest absolute Gasteiger partial charge is 0.438 e. The number of ether oxygens (including phenoxy) is 2. The number of rotatable bonds is 12. The Labute approximate surface area is 230 Å². The first kappa shape index (κ1) is 32.9. The van der Waals surface area contributed by atoms with Crippen LogP contribution in [0.2, 0.25) is 0 Å². The maximum Gasteiger partial charge on any atom is 0.361 e. The number of aliphatic hydroxyl groups excluding tert-OH is 1. The molecule has 13 nitrogen and oxygen atoms in total. The number of aromatic nitrogens is 2. The number of esters is 1. The minimum atomic E-state index is -3.85. The molecule has 0 spiro atoms. The van der Waals surface area contributed by atoms with Crippen molar-refractivity contribution in [3.8, 4) is 0 Å². The summed E-state index contributed by atoms with van der Waals surface area (Å²) in [5, 5.41) is 12.4. The summed E-state index contributed by atoms with van der Waals surface area (Å²) in [6.07, 6.45) is 3.04. The predicted molar refractivity (Wildman–Crippen MR) is 147 cm³/mol. The number of carbonyl (C=O) groups is 2. The van der Waals surface area contributed by atoms with E-state index in [4.69, 9.17) is 29.4 Å². The van der Waals surface area contributed by atoms with Gasteiger partial charge in [-0.05, 0) is 47.0 Å². The Morgan fingerprint density at radius 2 is 1.90 bits per heavy atom. The summed E-state index contributed by atoms with van der Waals surface area (Å²) in [4.78, 5) is 32.6. The smallest absolute Gasteiger partial charge is 0.361 e. The van der Waals surface area contributed by atoms with E-state index >= 15 is 0 Å². The Kier molecular flexibility index (Phi) is 11.3. The van der Waals surface area contributed by atoms with Gasteiger partial charge in [-0.3, -0.25) is 18.4 Å². The Morgan fingerprint density at radius 1 is 1.23 bits per heavy atom. The first-order valence-corrected chi connectivity index (χ1v) is 14.7. The zero-order valence-corrected chi connectivity index (χ0v) is 25.0. The maximum atomic E-state index is 12.9. The molecule has 0 radical (unpaired) electrons. The Hall–Kier alpha value is -2.31. The van der Waals surface area contributed by atoms with Crippen LogP contribution in [0, 0.1) is 17.8 Å². The van der Waals surface area contributed by atoms with E-state index in [2.05, 4.69) is 20.2 Å². The molecule has 1 unspecified atom stereocenters. The molecule has 0 saturated heterocycles. The highest BCUT2D eigenvalue weighted by Gasteiger charge is 2.48. The van der Waals surface area contributed by atoms with Crippen LogP contribution in [0.15, 0.2) is 0 Å². The SMILES string of the molecule is CCC(C)(C)C=O.Cc1nc(N)nc2c1NCCN2CC1(OCP(=O)(OCO)OCOC(=O)C(C)(C)C)CC1. The minimum absolute atomic E-state index is 0.0972. The molecule has 0 aromatic carbocycles. The van der Waals surface area contributed by atoms with Crippen LogP contribution in [-0.4, -0.2) is 72.5 Å². The van der Waals surface area contributed by atoms with Gasteiger partial charge in [0, 0.05) is 25.0 Å². The monoisotopic (exact) mass is 573 g/mol. The number of anilines is 3. The molecule has 14 heteroatoms. The molecule has 1 aliphatic heterocycles. The third-order valence-electron chi connectivity index (χ3n) is 6.42. The van der Waals surface area contributed by atoms with Crippen LogP contribution in [0.5, 0.6) is 0 Å². The molecule has 39 heavy (non-hydrogen) atoms. The molecule has 1 aromatic heterocycles. The van der Waals surface area contributed by atoms with Crippen molar-refractivity contribution in [1.29, 1.82) is 0 Å². The van der Waals surface area contributed by atoms with Crippen LogP contribution >= 0.6 is 7.60 Å². The highest BCUT2D eigenvalue weighted by molar-refractivity contribution is 7.53. The summed E-state index contributed by atoms with van der Waals surface area (Å²) in [7, 11) is -3.85. The molecule has 2 aliphatic rings. The van der Waals surface area contributed by atoms with E-state index in [0.29, 0.717) is 25.5 Å². The first-order valence-electron chi connectivity index (χ1n) is 13.0. The second-order valence-corrected chi connectivity index (χ2v) is 13.4. The fraction of sp³-hybridized carbons (Fsp3) is 0.760. The van der Waals surface area contributed by atoms with Gasteiger partial charge in [-0.15, -0.1) is 0 Å². The van der Waals surface area contributed by atoms with Crippen LogP contribution in [0.25, 0.3) is 0 Å². The lowest BCUT2D eigenvalue weighted by molar-refractivity contribution is -0.160. The van der Waals surface area contributed by atoms with E-state index in [1.807, 2.05) is 27.7 Å². The molecular formula is C25H44N5O8P. The second kappa shape index (κ2) is 13.4. The fourth-order valence-corrected chi connectivity index (χ4v) is 4.35. The van der Waals surface area contributed by atoms with Crippen molar-refractivity contribution in [2.24, 2.45) is 10.8 Å². The van der Waals surface area contributed by atoms with Gasteiger partial charge in [-0.2, -0.15) is 4.98 Å². The molecule has 1 aromatic rings. The summed E-state index contributed by atoms with van der Waals surface area (Å²) in [5.41, 5.74) is 6.05. The van der Waals surface area contributed by atoms with Gasteiger partial charge in [0.2, 0.25) is 12.7 Å². The van der Waals surface area contributed by atoms with Crippen molar-refractivity contribution < 1.29 is 37.8 Å². The van der Waals surface area contributed by atoms with Crippen molar-refractivity contribution >= 4 is 37.3 Å². The third-order valence-corrected chi connectivity index (χ3v) is 7.88. The average Bonchev–Trinajstić information content (AvgIpc) is 3.63. The number of nitrogens with two attached hydrogens (primary N) is 1. The lowest BCUT2D eigenvalue weighted by atomic mass is 9.93. The summed E-state index contributed by atoms with van der Waals surface area (Å²) >= 11 is 0. The van der Waals surface area contributed by atoms with E-state index in [1.165, 1.54) is 0 Å². The standard InChI is InChI=1S/C19H32N5O7P.C6H12O/c1-13-14-15(23-17(20)22-13)24(8-7-21-14)9-19(5-6-19)29-12-32(27,30-10-25)31-11-28-16(26)18(2,3)4;1-4-6(2,3)5-7/h21,25H,5-12H2,1-4H3,(H2,20,22,23);5H,4H2,1-3H3. The number of aryl methyl sites for hydroxylation is 1. The van der Waals surface area contributed by atoms with Gasteiger partial charge in [0.25, 0.3) is 0 Å². The van der Waals surface area contributed by atoms with Gasteiger partial charge in [-0.1, -0.05) is 20.8 Å². The number of hydrogen-bond acceptors (Lipinski definition) is 13. The topological polar surface area (TPSA) is 175 Å². The van der Waals surface area contributed by atoms with Crippen LogP contribution in [0.3, 0.4) is 0 Å². The zero-order valence-electron chi connectivity index (χ0n) is 24.1. The zero-order chi connectivity index (χ0) is 29.5. The molecule has 4 N–H and O–H groups in total. The number of carbonyl (C=O) groups excluding carboxylic acids is 2. The quantitative estimate of drug-likeness (QED) is 0.144.